The van der Waals surface area contributed by atoms with E-state index in [9.17, 15) is 25.4 Å². The van der Waals surface area contributed by atoms with Gasteiger partial charge in [-0.05, 0) is 134 Å². The SMILES string of the molecule is COC(=O)c1ccc(Cc2nccc(-c3ccc(OC4CCOCC4)c(C#N)c3)n2)cc1OC.COc1cc(Cc2nccc(-c3ccc(OC4CCOCC4)c(C#N)c3)n2)ccc1C(=O)NCCN(C)C.N#Cc1cc(-c2ccnc(Cl)n2)ccc1OC1CCOCC1. The molecule has 484 valence electrons. The number of nitrogens with zero attached hydrogens (tertiary/aromatic N) is 10. The smallest absolute Gasteiger partial charge is 0.341 e. The van der Waals surface area contributed by atoms with Gasteiger partial charge in [-0.3, -0.25) is 4.79 Å². The number of likely N-dealkylation sites (N-methyl/N-ethyl adjacent to an activating group) is 1. The molecule has 1 amide bonds. The minimum Gasteiger partial charge on any atom is -0.496 e. The van der Waals surface area contributed by atoms with Gasteiger partial charge in [0.2, 0.25) is 5.28 Å². The number of nitrogens with one attached hydrogen (secondary N) is 1. The number of esters is 1. The molecule has 11 rings (SSSR count). The van der Waals surface area contributed by atoms with Gasteiger partial charge in [-0.1, -0.05) is 12.1 Å². The van der Waals surface area contributed by atoms with E-state index in [2.05, 4.69) is 48.4 Å². The van der Waals surface area contributed by atoms with E-state index in [0.29, 0.717) is 144 Å². The maximum absolute atomic E-state index is 12.6. The second kappa shape index (κ2) is 34.5. The number of nitriles is 3. The fraction of sp³-hybridized carbons (Fsp3) is 0.338. The van der Waals surface area contributed by atoms with Crippen molar-refractivity contribution in [1.29, 1.82) is 15.8 Å². The molecule has 8 aromatic rings. The lowest BCUT2D eigenvalue weighted by Crippen LogP contribution is -2.31. The van der Waals surface area contributed by atoms with Crippen LogP contribution < -0.4 is 29.0 Å². The molecular weight excluding hydrogens is 1220 g/mol. The van der Waals surface area contributed by atoms with Crippen molar-refractivity contribution >= 4 is 23.5 Å². The van der Waals surface area contributed by atoms with Gasteiger partial charge < -0.3 is 52.8 Å². The van der Waals surface area contributed by atoms with Crippen LogP contribution in [0.4, 0.5) is 0 Å². The molecule has 0 spiro atoms. The van der Waals surface area contributed by atoms with Crippen LogP contribution >= 0.6 is 11.6 Å². The summed E-state index contributed by atoms with van der Waals surface area (Å²) >= 11 is 5.80. The molecule has 94 heavy (non-hydrogen) atoms. The Morgan fingerprint density at radius 3 is 1.30 bits per heavy atom. The van der Waals surface area contributed by atoms with Crippen LogP contribution in [0.15, 0.2) is 128 Å². The summed E-state index contributed by atoms with van der Waals surface area (Å²) in [6, 6.07) is 39.3. The van der Waals surface area contributed by atoms with Crippen molar-refractivity contribution in [1.82, 2.24) is 40.1 Å². The third-order valence-electron chi connectivity index (χ3n) is 15.4. The highest BCUT2D eigenvalue weighted by Gasteiger charge is 2.22. The number of hydrogen-bond acceptors (Lipinski definition) is 21. The highest BCUT2D eigenvalue weighted by Crippen LogP contribution is 2.32. The van der Waals surface area contributed by atoms with E-state index < -0.39 is 5.97 Å². The summed E-state index contributed by atoms with van der Waals surface area (Å²) in [7, 11) is 8.30. The van der Waals surface area contributed by atoms with Crippen LogP contribution in [0.1, 0.15) is 98.7 Å². The Bertz CT molecular complexity index is 4020. The number of aromatic nitrogens is 6. The van der Waals surface area contributed by atoms with Crippen molar-refractivity contribution in [2.24, 2.45) is 0 Å². The summed E-state index contributed by atoms with van der Waals surface area (Å²) in [5, 5.41) is 31.8. The summed E-state index contributed by atoms with van der Waals surface area (Å²) in [6.45, 7) is 5.39. The van der Waals surface area contributed by atoms with Gasteiger partial charge in [-0.2, -0.15) is 15.8 Å². The average Bonchev–Trinajstić information content (AvgIpc) is 1.01. The molecule has 1 N–H and O–H groups in total. The van der Waals surface area contributed by atoms with Crippen molar-refractivity contribution < 1.29 is 52.2 Å². The fourth-order valence-electron chi connectivity index (χ4n) is 10.4. The predicted molar refractivity (Wildman–Crippen MR) is 349 cm³/mol. The first-order valence-corrected chi connectivity index (χ1v) is 31.1. The van der Waals surface area contributed by atoms with Crippen LogP contribution in [0.2, 0.25) is 5.28 Å². The maximum Gasteiger partial charge on any atom is 0.341 e. The first kappa shape index (κ1) is 68.3. The number of rotatable bonds is 20. The minimum absolute atomic E-state index is 0.0554. The molecule has 0 unspecified atom stereocenters. The Kier molecular flexibility index (Phi) is 25.1. The molecule has 0 bridgehead atoms. The van der Waals surface area contributed by atoms with Gasteiger partial charge in [-0.25, -0.2) is 34.7 Å². The second-order valence-electron chi connectivity index (χ2n) is 22.2. The molecule has 0 saturated carbocycles. The van der Waals surface area contributed by atoms with Gasteiger partial charge in [0.25, 0.3) is 5.91 Å². The molecule has 3 fully saturated rings. The molecule has 23 heteroatoms. The number of carbonyl (C=O) groups is 2. The van der Waals surface area contributed by atoms with Gasteiger partial charge in [0, 0.05) is 99.7 Å². The Morgan fingerprint density at radius 1 is 0.521 bits per heavy atom. The van der Waals surface area contributed by atoms with Crippen LogP contribution in [0.3, 0.4) is 0 Å². The Hall–Kier alpha value is -10.1. The zero-order valence-corrected chi connectivity index (χ0v) is 53.8. The number of carbonyl (C=O) groups excluding carboxylic acids is 2. The third kappa shape index (κ3) is 19.2. The molecular formula is C71H72ClN11O11. The highest BCUT2D eigenvalue weighted by molar-refractivity contribution is 6.28. The van der Waals surface area contributed by atoms with Crippen molar-refractivity contribution in [3.8, 4) is 80.7 Å². The standard InChI is InChI=1S/C29H33N5O4.C26H25N3O5.C16H14ClN3O2/c1-34(2)13-12-32-29(35)24-6-4-20(16-27(24)36-3)17-28-31-11-8-25(33-28)21-5-7-26(22(18-21)19-30)38-23-9-14-37-15-10-23;1-31-24-13-17(3-5-21(24)26(30)32-2)14-25-28-10-7-22(29-25)18-4-6-23(19(15-18)16-27)34-20-8-11-33-12-9-20;17-16-19-6-3-14(20-16)11-1-2-15(12(9-11)10-18)22-13-4-7-21-8-5-13/h4-8,11,16,18,23H,9-10,12-15,17H2,1-3H3,(H,32,35);3-7,10,13,15,20H,8-9,11-12,14H2,1-2H3;1-3,6,9,13H,4-5,7-8H2. The molecule has 0 atom stereocenters. The van der Waals surface area contributed by atoms with Gasteiger partial charge >= 0.3 is 5.97 Å². The van der Waals surface area contributed by atoms with Crippen LogP contribution in [0, 0.1) is 34.0 Å². The van der Waals surface area contributed by atoms with E-state index in [0.717, 1.165) is 72.9 Å². The number of methoxy groups -OCH3 is 3. The second-order valence-corrected chi connectivity index (χ2v) is 22.5. The molecule has 5 aromatic carbocycles. The van der Waals surface area contributed by atoms with Crippen LogP contribution in [0.5, 0.6) is 28.7 Å². The molecule has 0 aliphatic carbocycles. The zero-order valence-electron chi connectivity index (χ0n) is 53.0. The Morgan fingerprint density at radius 2 is 0.915 bits per heavy atom. The zero-order chi connectivity index (χ0) is 66.2. The average molecular weight is 1290 g/mol. The Balaban J connectivity index is 0.000000172. The summed E-state index contributed by atoms with van der Waals surface area (Å²) in [5.41, 5.74) is 8.59. The number of benzene rings is 5. The van der Waals surface area contributed by atoms with E-state index >= 15 is 0 Å². The summed E-state index contributed by atoms with van der Waals surface area (Å²) in [6.07, 6.45) is 11.0. The topological polar surface area (TPSA) is 281 Å². The van der Waals surface area contributed by atoms with E-state index in [1.165, 1.54) is 14.2 Å². The molecule has 3 saturated heterocycles. The van der Waals surface area contributed by atoms with Gasteiger partial charge in [-0.15, -0.1) is 0 Å². The lowest BCUT2D eigenvalue weighted by atomic mass is 10.1. The molecule has 6 heterocycles. The fourth-order valence-corrected chi connectivity index (χ4v) is 10.5. The van der Waals surface area contributed by atoms with Crippen LogP contribution in [0.25, 0.3) is 33.8 Å². The third-order valence-corrected chi connectivity index (χ3v) is 15.5. The molecule has 3 aliphatic heterocycles. The quantitative estimate of drug-likeness (QED) is 0.0548. The van der Waals surface area contributed by atoms with Gasteiger partial charge in [0.1, 0.15) is 82.5 Å². The minimum atomic E-state index is -0.459. The van der Waals surface area contributed by atoms with E-state index in [1.807, 2.05) is 73.6 Å². The van der Waals surface area contributed by atoms with Crippen molar-refractivity contribution in [2.75, 3.05) is 88.2 Å². The summed E-state index contributed by atoms with van der Waals surface area (Å²) < 4.78 is 49.7. The maximum atomic E-state index is 12.6. The van der Waals surface area contributed by atoms with Crippen LogP contribution in [-0.2, 0) is 31.8 Å². The van der Waals surface area contributed by atoms with E-state index in [1.54, 1.807) is 80.3 Å². The van der Waals surface area contributed by atoms with Gasteiger partial charge in [0.05, 0.1) is 100 Å². The summed E-state index contributed by atoms with van der Waals surface area (Å²) in [5.74, 6) is 3.27. The van der Waals surface area contributed by atoms with Crippen LogP contribution in [-0.4, -0.2) is 153 Å². The normalized spacial score (nSPS) is 14.0. The summed E-state index contributed by atoms with van der Waals surface area (Å²) in [4.78, 5) is 52.7. The molecule has 3 aromatic heterocycles. The molecule has 22 nitrogen and oxygen atoms in total. The number of hydrogen-bond donors (Lipinski definition) is 1. The van der Waals surface area contributed by atoms with Crippen molar-refractivity contribution in [3.63, 3.8) is 0 Å². The first-order valence-electron chi connectivity index (χ1n) is 30.7. The highest BCUT2D eigenvalue weighted by atomic mass is 35.5. The largest absolute Gasteiger partial charge is 0.496 e. The number of ether oxygens (including phenoxy) is 9. The van der Waals surface area contributed by atoms with Gasteiger partial charge in [0.15, 0.2) is 0 Å². The number of halogens is 1. The lowest BCUT2D eigenvalue weighted by Gasteiger charge is -2.23. The van der Waals surface area contributed by atoms with Crippen molar-refractivity contribution in [2.45, 2.75) is 69.7 Å². The monoisotopic (exact) mass is 1290 g/mol. The van der Waals surface area contributed by atoms with E-state index in [-0.39, 0.29) is 29.5 Å². The van der Waals surface area contributed by atoms with Crippen molar-refractivity contribution in [3.05, 3.63) is 184 Å². The first-order chi connectivity index (χ1) is 45.8. The van der Waals surface area contributed by atoms with E-state index in [4.69, 9.17) is 59.2 Å². The predicted octanol–water partition coefficient (Wildman–Crippen LogP) is 10.6. The molecule has 0 radical (unpaired) electrons. The number of amides is 1. The molecule has 3 aliphatic rings. The lowest BCUT2D eigenvalue weighted by molar-refractivity contribution is 0.0252. The Labute approximate surface area is 551 Å².